The Balaban J connectivity index is 1.54. The topological polar surface area (TPSA) is 49.2 Å². The van der Waals surface area contributed by atoms with Crippen LogP contribution in [0.4, 0.5) is 5.69 Å². The minimum Gasteiger partial charge on any atom is -0.372 e. The van der Waals surface area contributed by atoms with Gasteiger partial charge in [-0.05, 0) is 44.0 Å². The molecule has 1 aliphatic heterocycles. The number of nitriles is 1. The van der Waals surface area contributed by atoms with Gasteiger partial charge in [-0.2, -0.15) is 5.26 Å². The Morgan fingerprint density at radius 3 is 2.18 bits per heavy atom. The number of benzene rings is 3. The van der Waals surface area contributed by atoms with Crippen molar-refractivity contribution in [1.82, 2.24) is 4.98 Å². The lowest BCUT2D eigenvalue weighted by Crippen LogP contribution is -2.45. The van der Waals surface area contributed by atoms with Crippen LogP contribution in [-0.4, -0.2) is 30.3 Å². The van der Waals surface area contributed by atoms with E-state index in [4.69, 9.17) is 9.72 Å². The van der Waals surface area contributed by atoms with E-state index >= 15 is 0 Å². The summed E-state index contributed by atoms with van der Waals surface area (Å²) < 4.78 is 5.86. The van der Waals surface area contributed by atoms with Gasteiger partial charge < -0.3 is 9.64 Å². The van der Waals surface area contributed by atoms with Gasteiger partial charge in [-0.3, -0.25) is 4.98 Å². The summed E-state index contributed by atoms with van der Waals surface area (Å²) in [6, 6.07) is 25.4. The number of anilines is 1. The molecule has 2 atom stereocenters. The predicted molar refractivity (Wildman–Crippen MR) is 134 cm³/mol. The summed E-state index contributed by atoms with van der Waals surface area (Å²) in [5.74, 6) is 0. The van der Waals surface area contributed by atoms with E-state index in [-0.39, 0.29) is 12.2 Å². The molecule has 0 N–H and O–H groups in total. The molecule has 5 rings (SSSR count). The van der Waals surface area contributed by atoms with E-state index in [9.17, 15) is 5.26 Å². The van der Waals surface area contributed by atoms with Gasteiger partial charge in [-0.15, -0.1) is 0 Å². The highest BCUT2D eigenvalue weighted by atomic mass is 16.5. The molecule has 1 fully saturated rings. The lowest BCUT2D eigenvalue weighted by Gasteiger charge is -2.36. The van der Waals surface area contributed by atoms with Gasteiger partial charge in [-0.1, -0.05) is 60.2 Å². The van der Waals surface area contributed by atoms with Gasteiger partial charge in [0.15, 0.2) is 0 Å². The molecule has 2 heterocycles. The number of fused-ring (bicyclic) bond motifs is 1. The molecule has 4 heteroatoms. The zero-order valence-electron chi connectivity index (χ0n) is 19.2. The highest BCUT2D eigenvalue weighted by Crippen LogP contribution is 2.34. The Bertz CT molecular complexity index is 1330. The molecular weight excluding hydrogens is 406 g/mol. The number of rotatable bonds is 3. The molecule has 1 aromatic heterocycles. The van der Waals surface area contributed by atoms with E-state index in [1.807, 2.05) is 18.3 Å². The first-order chi connectivity index (χ1) is 16.0. The van der Waals surface area contributed by atoms with Gasteiger partial charge in [0.25, 0.3) is 0 Å². The summed E-state index contributed by atoms with van der Waals surface area (Å²) in [5.41, 5.74) is 7.92. The third kappa shape index (κ3) is 4.08. The number of para-hydroxylation sites is 1. The molecule has 0 saturated carbocycles. The first-order valence-corrected chi connectivity index (χ1v) is 11.4. The molecule has 0 spiro atoms. The van der Waals surface area contributed by atoms with Crippen LogP contribution in [0.25, 0.3) is 33.2 Å². The summed E-state index contributed by atoms with van der Waals surface area (Å²) >= 11 is 0. The van der Waals surface area contributed by atoms with Crippen LogP contribution in [0.3, 0.4) is 0 Å². The van der Waals surface area contributed by atoms with Crippen LogP contribution in [0.1, 0.15) is 25.0 Å². The van der Waals surface area contributed by atoms with E-state index < -0.39 is 0 Å². The fourth-order valence-electron chi connectivity index (χ4n) is 4.77. The molecular formula is C29H27N3O. The van der Waals surface area contributed by atoms with Crippen molar-refractivity contribution in [2.75, 3.05) is 18.0 Å². The molecule has 4 aromatic rings. The van der Waals surface area contributed by atoms with Crippen molar-refractivity contribution in [1.29, 1.82) is 5.26 Å². The Morgan fingerprint density at radius 2 is 1.52 bits per heavy atom. The lowest BCUT2D eigenvalue weighted by atomic mass is 9.95. The average molecular weight is 434 g/mol. The van der Waals surface area contributed by atoms with Crippen LogP contribution in [-0.2, 0) is 4.74 Å². The highest BCUT2D eigenvalue weighted by Gasteiger charge is 2.22. The Labute approximate surface area is 195 Å². The van der Waals surface area contributed by atoms with Gasteiger partial charge in [0, 0.05) is 41.5 Å². The van der Waals surface area contributed by atoms with Crippen LogP contribution in [0, 0.1) is 18.3 Å². The van der Waals surface area contributed by atoms with Gasteiger partial charge in [0.1, 0.15) is 6.07 Å². The number of nitrogens with zero attached hydrogens (tertiary/aromatic N) is 3. The molecule has 1 saturated heterocycles. The molecule has 0 aliphatic carbocycles. The largest absolute Gasteiger partial charge is 0.372 e. The smallest absolute Gasteiger partial charge is 0.101 e. The van der Waals surface area contributed by atoms with E-state index in [0.717, 1.165) is 46.2 Å². The van der Waals surface area contributed by atoms with Gasteiger partial charge in [-0.25, -0.2) is 0 Å². The molecule has 164 valence electrons. The second-order valence-electron chi connectivity index (χ2n) is 8.94. The average Bonchev–Trinajstić information content (AvgIpc) is 2.83. The van der Waals surface area contributed by atoms with Crippen LogP contribution in [0.5, 0.6) is 0 Å². The van der Waals surface area contributed by atoms with Crippen molar-refractivity contribution in [3.63, 3.8) is 0 Å². The van der Waals surface area contributed by atoms with Gasteiger partial charge >= 0.3 is 0 Å². The maximum absolute atomic E-state index is 10.1. The molecule has 0 unspecified atom stereocenters. The van der Waals surface area contributed by atoms with E-state index in [1.165, 1.54) is 11.3 Å². The van der Waals surface area contributed by atoms with E-state index in [1.54, 1.807) is 0 Å². The highest BCUT2D eigenvalue weighted by molar-refractivity contribution is 5.99. The second kappa shape index (κ2) is 8.69. The maximum Gasteiger partial charge on any atom is 0.101 e. The van der Waals surface area contributed by atoms with Crippen molar-refractivity contribution >= 4 is 16.6 Å². The molecule has 1 aliphatic rings. The second-order valence-corrected chi connectivity index (χ2v) is 8.94. The third-order valence-electron chi connectivity index (χ3n) is 6.33. The van der Waals surface area contributed by atoms with E-state index in [0.29, 0.717) is 5.56 Å². The quantitative estimate of drug-likeness (QED) is 0.377. The van der Waals surface area contributed by atoms with Crippen LogP contribution in [0.15, 0.2) is 72.9 Å². The summed E-state index contributed by atoms with van der Waals surface area (Å²) in [7, 11) is 0. The molecule has 0 radical (unpaired) electrons. The third-order valence-corrected chi connectivity index (χ3v) is 6.33. The van der Waals surface area contributed by atoms with E-state index in [2.05, 4.69) is 86.3 Å². The predicted octanol–water partition coefficient (Wildman–Crippen LogP) is 6.36. The number of hydrogen-bond acceptors (Lipinski definition) is 4. The van der Waals surface area contributed by atoms with Crippen molar-refractivity contribution in [3.05, 3.63) is 84.1 Å². The van der Waals surface area contributed by atoms with Crippen molar-refractivity contribution < 1.29 is 4.74 Å². The Morgan fingerprint density at radius 1 is 0.879 bits per heavy atom. The standard InChI is InChI=1S/C29H27N3O/c1-19-7-9-22(10-8-19)25-5-4-6-26-27(15-30)28(16-31-29(25)26)23-11-13-24(14-12-23)32-17-20(2)33-21(3)18-32/h4-14,16,20-21H,17-18H2,1-3H3/t20-,21+. The lowest BCUT2D eigenvalue weighted by molar-refractivity contribution is -0.00521. The number of pyridine rings is 1. The van der Waals surface area contributed by atoms with Crippen LogP contribution < -0.4 is 4.90 Å². The summed E-state index contributed by atoms with van der Waals surface area (Å²) in [4.78, 5) is 7.18. The normalized spacial score (nSPS) is 18.3. The Kier molecular flexibility index (Phi) is 5.58. The molecule has 0 amide bonds. The maximum atomic E-state index is 10.1. The molecule has 0 bridgehead atoms. The minimum atomic E-state index is 0.214. The van der Waals surface area contributed by atoms with Gasteiger partial charge in [0.05, 0.1) is 23.3 Å². The minimum absolute atomic E-state index is 0.214. The van der Waals surface area contributed by atoms with Crippen molar-refractivity contribution in [2.24, 2.45) is 0 Å². The Hall–Kier alpha value is -3.68. The zero-order chi connectivity index (χ0) is 22.9. The van der Waals surface area contributed by atoms with Crippen LogP contribution >= 0.6 is 0 Å². The summed E-state index contributed by atoms with van der Waals surface area (Å²) in [5, 5.41) is 11.0. The van der Waals surface area contributed by atoms with Crippen molar-refractivity contribution in [2.45, 2.75) is 33.0 Å². The monoisotopic (exact) mass is 433 g/mol. The number of morpholine rings is 1. The van der Waals surface area contributed by atoms with Gasteiger partial charge in [0.2, 0.25) is 0 Å². The SMILES string of the molecule is Cc1ccc(-c2cccc3c(C#N)c(-c4ccc(N5C[C@@H](C)O[C@@H](C)C5)cc4)cnc23)cc1. The molecule has 3 aromatic carbocycles. The molecule has 4 nitrogen and oxygen atoms in total. The van der Waals surface area contributed by atoms with Crippen LogP contribution in [0.2, 0.25) is 0 Å². The number of aryl methyl sites for hydroxylation is 1. The number of hydrogen-bond donors (Lipinski definition) is 0. The molecule has 33 heavy (non-hydrogen) atoms. The number of ether oxygens (including phenoxy) is 1. The first kappa shape index (κ1) is 21.2. The van der Waals surface area contributed by atoms with Crippen molar-refractivity contribution in [3.8, 4) is 28.3 Å². The fraction of sp³-hybridized carbons (Fsp3) is 0.241. The first-order valence-electron chi connectivity index (χ1n) is 11.4. The zero-order valence-corrected chi connectivity index (χ0v) is 19.2. The summed E-state index contributed by atoms with van der Waals surface area (Å²) in [6.45, 7) is 8.07. The fourth-order valence-corrected chi connectivity index (χ4v) is 4.77. The summed E-state index contributed by atoms with van der Waals surface area (Å²) in [6.07, 6.45) is 2.27. The number of aromatic nitrogens is 1.